The van der Waals surface area contributed by atoms with E-state index < -0.39 is 5.60 Å². The second kappa shape index (κ2) is 3.19. The minimum Gasteiger partial charge on any atom is -0.390 e. The fourth-order valence-electron chi connectivity index (χ4n) is 1.01. The first-order chi connectivity index (χ1) is 5.49. The van der Waals surface area contributed by atoms with Crippen LogP contribution in [-0.4, -0.2) is 20.9 Å². The van der Waals surface area contributed by atoms with E-state index in [-0.39, 0.29) is 0 Å². The van der Waals surface area contributed by atoms with Crippen LogP contribution in [0.1, 0.15) is 25.1 Å². The molecule has 3 nitrogen and oxygen atoms in total. The number of aliphatic hydroxyl groups is 1. The van der Waals surface area contributed by atoms with Crippen molar-refractivity contribution in [2.45, 2.75) is 32.8 Å². The van der Waals surface area contributed by atoms with Crippen molar-refractivity contribution in [2.24, 2.45) is 0 Å². The molecule has 0 aromatic carbocycles. The Morgan fingerprint density at radius 1 is 1.50 bits per heavy atom. The van der Waals surface area contributed by atoms with Crippen LogP contribution in [0.25, 0.3) is 0 Å². The van der Waals surface area contributed by atoms with Gasteiger partial charge in [-0.25, -0.2) is 0 Å². The maximum atomic E-state index is 9.53. The van der Waals surface area contributed by atoms with E-state index in [2.05, 4.69) is 10.2 Å². The van der Waals surface area contributed by atoms with E-state index in [4.69, 9.17) is 0 Å². The van der Waals surface area contributed by atoms with Gasteiger partial charge < -0.3 is 5.11 Å². The summed E-state index contributed by atoms with van der Waals surface area (Å²) in [7, 11) is 0. The van der Waals surface area contributed by atoms with Crippen LogP contribution >= 0.6 is 0 Å². The van der Waals surface area contributed by atoms with Gasteiger partial charge in [0.15, 0.2) is 0 Å². The summed E-state index contributed by atoms with van der Waals surface area (Å²) >= 11 is 0. The predicted molar refractivity (Wildman–Crippen MR) is 46.8 cm³/mol. The highest BCUT2D eigenvalue weighted by molar-refractivity contribution is 5.16. The Kier molecular flexibility index (Phi) is 2.43. The first kappa shape index (κ1) is 9.13. The van der Waals surface area contributed by atoms with Crippen molar-refractivity contribution >= 4 is 0 Å². The number of aryl methyl sites for hydroxylation is 1. The van der Waals surface area contributed by atoms with Crippen LogP contribution in [-0.2, 0) is 6.42 Å². The highest BCUT2D eigenvalue weighted by Crippen LogP contribution is 2.12. The summed E-state index contributed by atoms with van der Waals surface area (Å²) in [4.78, 5) is 0. The zero-order valence-electron chi connectivity index (χ0n) is 7.70. The summed E-state index contributed by atoms with van der Waals surface area (Å²) in [5.41, 5.74) is 1.23. The fraction of sp³-hybridized carbons (Fsp3) is 0.556. The van der Waals surface area contributed by atoms with Gasteiger partial charge >= 0.3 is 0 Å². The van der Waals surface area contributed by atoms with Crippen molar-refractivity contribution in [3.8, 4) is 0 Å². The fourth-order valence-corrected chi connectivity index (χ4v) is 1.01. The average Bonchev–Trinajstić information content (AvgIpc) is 1.91. The molecule has 1 aromatic heterocycles. The van der Waals surface area contributed by atoms with Crippen LogP contribution < -0.4 is 0 Å². The maximum absolute atomic E-state index is 9.53. The van der Waals surface area contributed by atoms with Gasteiger partial charge in [0.05, 0.1) is 11.3 Å². The molecule has 0 aliphatic heterocycles. The molecule has 12 heavy (non-hydrogen) atoms. The van der Waals surface area contributed by atoms with E-state index in [0.717, 1.165) is 11.3 Å². The number of hydrogen-bond acceptors (Lipinski definition) is 3. The smallest absolute Gasteiger partial charge is 0.0688 e. The van der Waals surface area contributed by atoms with Gasteiger partial charge in [-0.05, 0) is 32.4 Å². The van der Waals surface area contributed by atoms with Crippen LogP contribution in [0.2, 0.25) is 0 Å². The summed E-state index contributed by atoms with van der Waals surface area (Å²) < 4.78 is 0. The minimum atomic E-state index is -0.708. The molecule has 0 fully saturated rings. The van der Waals surface area contributed by atoms with Gasteiger partial charge in [-0.3, -0.25) is 0 Å². The summed E-state index contributed by atoms with van der Waals surface area (Å²) in [5.74, 6) is 0. The van der Waals surface area contributed by atoms with Gasteiger partial charge in [0.1, 0.15) is 0 Å². The Morgan fingerprint density at radius 3 is 2.67 bits per heavy atom. The van der Waals surface area contributed by atoms with Gasteiger partial charge in [-0.1, -0.05) is 0 Å². The van der Waals surface area contributed by atoms with Crippen LogP contribution in [0.15, 0.2) is 12.3 Å². The maximum Gasteiger partial charge on any atom is 0.0688 e. The van der Waals surface area contributed by atoms with Crippen LogP contribution in [0.3, 0.4) is 0 Å². The van der Waals surface area contributed by atoms with Gasteiger partial charge in [0.2, 0.25) is 0 Å². The number of hydrogen-bond donors (Lipinski definition) is 1. The van der Waals surface area contributed by atoms with E-state index >= 15 is 0 Å². The Bertz CT molecular complexity index is 265. The van der Waals surface area contributed by atoms with Crippen molar-refractivity contribution in [2.75, 3.05) is 0 Å². The summed E-state index contributed by atoms with van der Waals surface area (Å²) in [5, 5.41) is 17.2. The predicted octanol–water partition coefficient (Wildman–Crippen LogP) is 1.10. The molecule has 1 rings (SSSR count). The van der Waals surface area contributed by atoms with Gasteiger partial charge in [-0.2, -0.15) is 10.2 Å². The molecule has 1 aromatic rings. The molecule has 1 heterocycles. The molecular formula is C9H14N2O. The molecule has 66 valence electrons. The summed E-state index contributed by atoms with van der Waals surface area (Å²) in [6.07, 6.45) is 2.20. The van der Waals surface area contributed by atoms with E-state index in [1.165, 1.54) is 0 Å². The molecule has 0 amide bonds. The number of rotatable bonds is 2. The number of aromatic nitrogens is 2. The largest absolute Gasteiger partial charge is 0.390 e. The highest BCUT2D eigenvalue weighted by atomic mass is 16.3. The molecule has 0 atom stereocenters. The lowest BCUT2D eigenvalue weighted by Crippen LogP contribution is -2.23. The van der Waals surface area contributed by atoms with E-state index in [1.54, 1.807) is 20.0 Å². The molecule has 0 aliphatic rings. The van der Waals surface area contributed by atoms with Gasteiger partial charge in [-0.15, -0.1) is 0 Å². The molecule has 1 N–H and O–H groups in total. The normalized spacial score (nSPS) is 11.7. The summed E-state index contributed by atoms with van der Waals surface area (Å²) in [6.45, 7) is 5.50. The lowest BCUT2D eigenvalue weighted by molar-refractivity contribution is 0.0795. The third-order valence-corrected chi connectivity index (χ3v) is 1.62. The van der Waals surface area contributed by atoms with Crippen LogP contribution in [0.5, 0.6) is 0 Å². The molecule has 0 saturated heterocycles. The highest BCUT2D eigenvalue weighted by Gasteiger charge is 2.15. The molecule has 0 aliphatic carbocycles. The minimum absolute atomic E-state index is 0.548. The Morgan fingerprint density at radius 2 is 2.17 bits per heavy atom. The quantitative estimate of drug-likeness (QED) is 0.715. The van der Waals surface area contributed by atoms with Crippen molar-refractivity contribution < 1.29 is 5.11 Å². The van der Waals surface area contributed by atoms with Crippen LogP contribution in [0, 0.1) is 6.92 Å². The third-order valence-electron chi connectivity index (χ3n) is 1.62. The van der Waals surface area contributed by atoms with E-state index in [9.17, 15) is 5.11 Å². The Labute approximate surface area is 72.5 Å². The lowest BCUT2D eigenvalue weighted by atomic mass is 10.0. The van der Waals surface area contributed by atoms with Crippen molar-refractivity contribution in [1.82, 2.24) is 10.2 Å². The molecule has 0 saturated carbocycles. The zero-order valence-corrected chi connectivity index (χ0v) is 7.70. The molecule has 0 spiro atoms. The lowest BCUT2D eigenvalue weighted by Gasteiger charge is -2.16. The van der Waals surface area contributed by atoms with Crippen LogP contribution in [0.4, 0.5) is 0 Å². The molecule has 3 heteroatoms. The van der Waals surface area contributed by atoms with E-state index in [0.29, 0.717) is 6.42 Å². The first-order valence-corrected chi connectivity index (χ1v) is 3.98. The average molecular weight is 166 g/mol. The van der Waals surface area contributed by atoms with E-state index in [1.807, 2.05) is 13.0 Å². The Hall–Kier alpha value is -0.960. The second-order valence-corrected chi connectivity index (χ2v) is 3.65. The summed E-state index contributed by atoms with van der Waals surface area (Å²) in [6, 6.07) is 1.90. The zero-order chi connectivity index (χ0) is 9.19. The monoisotopic (exact) mass is 166 g/mol. The van der Waals surface area contributed by atoms with Gasteiger partial charge in [0, 0.05) is 12.6 Å². The second-order valence-electron chi connectivity index (χ2n) is 3.65. The molecule has 0 unspecified atom stereocenters. The molecule has 0 bridgehead atoms. The first-order valence-electron chi connectivity index (χ1n) is 3.98. The third kappa shape index (κ3) is 2.58. The van der Waals surface area contributed by atoms with Crippen molar-refractivity contribution in [3.63, 3.8) is 0 Å². The van der Waals surface area contributed by atoms with Crippen molar-refractivity contribution in [1.29, 1.82) is 0 Å². The topological polar surface area (TPSA) is 46.0 Å². The Balaban J connectivity index is 2.83. The van der Waals surface area contributed by atoms with Gasteiger partial charge in [0.25, 0.3) is 0 Å². The van der Waals surface area contributed by atoms with Crippen molar-refractivity contribution in [3.05, 3.63) is 23.5 Å². The molecular weight excluding hydrogens is 152 g/mol. The number of nitrogens with zero attached hydrogens (tertiary/aromatic N) is 2. The SMILES string of the molecule is Cc1ccnnc1CC(C)(C)O. The standard InChI is InChI=1S/C9H14N2O/c1-7-4-5-10-11-8(7)6-9(2,3)12/h4-5,12H,6H2,1-3H3. The molecule has 0 radical (unpaired) electrons.